The van der Waals surface area contributed by atoms with Crippen LogP contribution >= 0.6 is 0 Å². The summed E-state index contributed by atoms with van der Waals surface area (Å²) in [4.78, 5) is 12.0. The molecule has 4 heteroatoms. The summed E-state index contributed by atoms with van der Waals surface area (Å²) in [5.41, 5.74) is 8.70. The lowest BCUT2D eigenvalue weighted by atomic mass is 10.1. The molecule has 1 heterocycles. The molecule has 2 N–H and O–H groups in total. The Hall–Kier alpha value is -1.81. The van der Waals surface area contributed by atoms with E-state index in [2.05, 4.69) is 18.2 Å². The van der Waals surface area contributed by atoms with Crippen LogP contribution in [0.2, 0.25) is 0 Å². The van der Waals surface area contributed by atoms with Crippen molar-refractivity contribution in [3.05, 3.63) is 35.5 Å². The van der Waals surface area contributed by atoms with E-state index in [1.54, 1.807) is 0 Å². The maximum atomic E-state index is 12.0. The molecule has 0 spiro atoms. The van der Waals surface area contributed by atoms with Gasteiger partial charge in [-0.1, -0.05) is 6.07 Å². The number of carbonyl (C=O) groups is 1. The highest BCUT2D eigenvalue weighted by molar-refractivity contribution is 5.95. The predicted octanol–water partition coefficient (Wildman–Crippen LogP) is 2.73. The molecule has 1 aromatic heterocycles. The van der Waals surface area contributed by atoms with Gasteiger partial charge in [-0.3, -0.25) is 0 Å². The van der Waals surface area contributed by atoms with E-state index in [0.717, 1.165) is 23.9 Å². The molecule has 1 aromatic carbocycles. The SMILES string of the molecule is CCOC(=O)c1cc2cc(C[C@@H](C)N)ccc2n1CC. The van der Waals surface area contributed by atoms with Gasteiger partial charge in [0.2, 0.25) is 0 Å². The van der Waals surface area contributed by atoms with Crippen LogP contribution in [0.5, 0.6) is 0 Å². The summed E-state index contributed by atoms with van der Waals surface area (Å²) in [6.07, 6.45) is 0.835. The number of hydrogen-bond acceptors (Lipinski definition) is 3. The lowest BCUT2D eigenvalue weighted by Crippen LogP contribution is -2.17. The third-order valence-corrected chi connectivity index (χ3v) is 3.32. The summed E-state index contributed by atoms with van der Waals surface area (Å²) in [6, 6.07) is 8.27. The van der Waals surface area contributed by atoms with Crippen molar-refractivity contribution in [3.8, 4) is 0 Å². The number of nitrogens with zero attached hydrogens (tertiary/aromatic N) is 1. The Labute approximate surface area is 119 Å². The first kappa shape index (κ1) is 14.6. The quantitative estimate of drug-likeness (QED) is 0.853. The van der Waals surface area contributed by atoms with Crippen molar-refractivity contribution < 1.29 is 9.53 Å². The van der Waals surface area contributed by atoms with Crippen LogP contribution in [0.15, 0.2) is 24.3 Å². The monoisotopic (exact) mass is 274 g/mol. The van der Waals surface area contributed by atoms with Gasteiger partial charge in [-0.05, 0) is 51.0 Å². The van der Waals surface area contributed by atoms with E-state index < -0.39 is 0 Å². The Morgan fingerprint density at radius 2 is 2.10 bits per heavy atom. The van der Waals surface area contributed by atoms with Gasteiger partial charge in [0, 0.05) is 23.5 Å². The van der Waals surface area contributed by atoms with Crippen molar-refractivity contribution >= 4 is 16.9 Å². The van der Waals surface area contributed by atoms with Crippen LogP contribution in [0, 0.1) is 0 Å². The zero-order chi connectivity index (χ0) is 14.7. The Bertz CT molecular complexity index is 614. The molecule has 20 heavy (non-hydrogen) atoms. The van der Waals surface area contributed by atoms with Gasteiger partial charge in [-0.25, -0.2) is 4.79 Å². The van der Waals surface area contributed by atoms with Gasteiger partial charge in [0.05, 0.1) is 6.61 Å². The minimum Gasteiger partial charge on any atom is -0.461 e. The van der Waals surface area contributed by atoms with Gasteiger partial charge in [0.15, 0.2) is 0 Å². The molecular weight excluding hydrogens is 252 g/mol. The second-order valence-corrected chi connectivity index (χ2v) is 5.07. The largest absolute Gasteiger partial charge is 0.461 e. The number of carbonyl (C=O) groups excluding carboxylic acids is 1. The molecule has 4 nitrogen and oxygen atoms in total. The van der Waals surface area contributed by atoms with Crippen LogP contribution < -0.4 is 5.73 Å². The molecule has 0 aliphatic carbocycles. The number of rotatable bonds is 5. The smallest absolute Gasteiger partial charge is 0.354 e. The molecule has 0 unspecified atom stereocenters. The molecule has 0 radical (unpaired) electrons. The predicted molar refractivity (Wildman–Crippen MR) is 80.9 cm³/mol. The first-order valence-corrected chi connectivity index (χ1v) is 7.11. The molecule has 0 bridgehead atoms. The number of benzene rings is 1. The van der Waals surface area contributed by atoms with E-state index in [0.29, 0.717) is 12.3 Å². The summed E-state index contributed by atoms with van der Waals surface area (Å²) in [5, 5.41) is 1.06. The number of fused-ring (bicyclic) bond motifs is 1. The maximum absolute atomic E-state index is 12.0. The van der Waals surface area contributed by atoms with Crippen LogP contribution in [0.4, 0.5) is 0 Å². The lowest BCUT2D eigenvalue weighted by Gasteiger charge is -2.08. The van der Waals surface area contributed by atoms with Crippen LogP contribution in [-0.2, 0) is 17.7 Å². The second-order valence-electron chi connectivity index (χ2n) is 5.07. The summed E-state index contributed by atoms with van der Waals surface area (Å²) >= 11 is 0. The zero-order valence-electron chi connectivity index (χ0n) is 12.3. The zero-order valence-corrected chi connectivity index (χ0v) is 12.3. The van der Waals surface area contributed by atoms with E-state index in [9.17, 15) is 4.79 Å². The van der Waals surface area contributed by atoms with Gasteiger partial charge < -0.3 is 15.0 Å². The van der Waals surface area contributed by atoms with Gasteiger partial charge >= 0.3 is 5.97 Å². The topological polar surface area (TPSA) is 57.2 Å². The highest BCUT2D eigenvalue weighted by Crippen LogP contribution is 2.22. The van der Waals surface area contributed by atoms with Crippen molar-refractivity contribution in [2.75, 3.05) is 6.61 Å². The van der Waals surface area contributed by atoms with E-state index >= 15 is 0 Å². The fraction of sp³-hybridized carbons (Fsp3) is 0.438. The number of aromatic nitrogens is 1. The van der Waals surface area contributed by atoms with Crippen LogP contribution in [0.1, 0.15) is 36.8 Å². The van der Waals surface area contributed by atoms with E-state index in [-0.39, 0.29) is 12.0 Å². The van der Waals surface area contributed by atoms with Crippen LogP contribution in [-0.4, -0.2) is 23.2 Å². The third kappa shape index (κ3) is 2.85. The molecule has 0 fully saturated rings. The Kier molecular flexibility index (Phi) is 4.45. The number of aryl methyl sites for hydroxylation is 1. The average Bonchev–Trinajstić information content (AvgIpc) is 2.76. The van der Waals surface area contributed by atoms with Gasteiger partial charge in [-0.2, -0.15) is 0 Å². The van der Waals surface area contributed by atoms with E-state index in [4.69, 9.17) is 10.5 Å². The van der Waals surface area contributed by atoms with E-state index in [1.807, 2.05) is 31.4 Å². The van der Waals surface area contributed by atoms with Crippen molar-refractivity contribution in [1.82, 2.24) is 4.57 Å². The summed E-state index contributed by atoms with van der Waals surface area (Å²) in [6.45, 7) is 6.96. The molecule has 0 saturated heterocycles. The number of ether oxygens (including phenoxy) is 1. The van der Waals surface area contributed by atoms with Crippen LogP contribution in [0.3, 0.4) is 0 Å². The number of esters is 1. The molecule has 108 valence electrons. The van der Waals surface area contributed by atoms with Crippen molar-refractivity contribution in [1.29, 1.82) is 0 Å². The fourth-order valence-electron chi connectivity index (χ4n) is 2.53. The highest BCUT2D eigenvalue weighted by atomic mass is 16.5. The summed E-state index contributed by atoms with van der Waals surface area (Å²) < 4.78 is 7.10. The first-order chi connectivity index (χ1) is 9.56. The lowest BCUT2D eigenvalue weighted by molar-refractivity contribution is 0.0514. The fourth-order valence-corrected chi connectivity index (χ4v) is 2.53. The van der Waals surface area contributed by atoms with Crippen molar-refractivity contribution in [2.24, 2.45) is 5.73 Å². The molecule has 2 aromatic rings. The van der Waals surface area contributed by atoms with Crippen molar-refractivity contribution in [3.63, 3.8) is 0 Å². The molecule has 0 amide bonds. The Morgan fingerprint density at radius 3 is 2.70 bits per heavy atom. The van der Waals surface area contributed by atoms with E-state index in [1.165, 1.54) is 5.56 Å². The molecular formula is C16H22N2O2. The molecule has 1 atom stereocenters. The first-order valence-electron chi connectivity index (χ1n) is 7.11. The van der Waals surface area contributed by atoms with Gasteiger partial charge in [-0.15, -0.1) is 0 Å². The average molecular weight is 274 g/mol. The minimum atomic E-state index is -0.265. The Morgan fingerprint density at radius 1 is 1.35 bits per heavy atom. The normalized spacial score (nSPS) is 12.6. The standard InChI is InChI=1S/C16H22N2O2/c1-4-18-14-7-6-12(8-11(3)17)9-13(14)10-15(18)16(19)20-5-2/h6-7,9-11H,4-5,8,17H2,1-3H3/t11-/m1/s1. The third-order valence-electron chi connectivity index (χ3n) is 3.32. The summed E-state index contributed by atoms with van der Waals surface area (Å²) in [5.74, 6) is -0.265. The highest BCUT2D eigenvalue weighted by Gasteiger charge is 2.15. The minimum absolute atomic E-state index is 0.130. The maximum Gasteiger partial charge on any atom is 0.354 e. The van der Waals surface area contributed by atoms with Gasteiger partial charge in [0.25, 0.3) is 0 Å². The number of hydrogen-bond donors (Lipinski definition) is 1. The molecule has 0 saturated carbocycles. The summed E-state index contributed by atoms with van der Waals surface area (Å²) in [7, 11) is 0. The molecule has 0 aliphatic rings. The second kappa shape index (κ2) is 6.09. The van der Waals surface area contributed by atoms with Crippen LogP contribution in [0.25, 0.3) is 10.9 Å². The van der Waals surface area contributed by atoms with Crippen molar-refractivity contribution in [2.45, 2.75) is 39.8 Å². The molecule has 2 rings (SSSR count). The van der Waals surface area contributed by atoms with Gasteiger partial charge in [0.1, 0.15) is 5.69 Å². The number of nitrogens with two attached hydrogens (primary N) is 1. The molecule has 0 aliphatic heterocycles. The Balaban J connectivity index is 2.47.